The first-order valence-electron chi connectivity index (χ1n) is 17.1. The van der Waals surface area contributed by atoms with Crippen molar-refractivity contribution >= 4 is 53.5 Å². The third-order valence-corrected chi connectivity index (χ3v) is 12.9. The summed E-state index contributed by atoms with van der Waals surface area (Å²) in [4.78, 5) is 85.1. The number of ether oxygens (including phenoxy) is 3. The highest BCUT2D eigenvalue weighted by Crippen LogP contribution is 2.63. The Kier molecular flexibility index (Phi) is 13.2. The minimum absolute atomic E-state index is 0.245. The van der Waals surface area contributed by atoms with Gasteiger partial charge in [0.25, 0.3) is 10.1 Å². The van der Waals surface area contributed by atoms with Gasteiger partial charge in [0.1, 0.15) is 17.4 Å². The second kappa shape index (κ2) is 16.8. The van der Waals surface area contributed by atoms with Crippen LogP contribution in [0.3, 0.4) is 0 Å². The molecule has 23 heteroatoms. The van der Waals surface area contributed by atoms with Crippen LogP contribution in [-0.2, 0) is 55.2 Å². The number of carbonyl (C=O) groups excluding carboxylic acids is 2. The summed E-state index contributed by atoms with van der Waals surface area (Å²) < 4.78 is 58.4. The van der Waals surface area contributed by atoms with Gasteiger partial charge < -0.3 is 54.4 Å². The summed E-state index contributed by atoms with van der Waals surface area (Å²) in [5.41, 5.74) is 1.57. The predicted octanol–water partition coefficient (Wildman–Crippen LogP) is 1.65. The molecule has 2 heterocycles. The lowest BCUT2D eigenvalue weighted by Gasteiger charge is -2.56. The van der Waals surface area contributed by atoms with Gasteiger partial charge in [-0.25, -0.2) is 4.79 Å². The number of aromatic carboxylic acids is 1. The van der Waals surface area contributed by atoms with Gasteiger partial charge in [-0.1, -0.05) is 12.1 Å². The summed E-state index contributed by atoms with van der Waals surface area (Å²) in [5.74, 6) is -6.58. The molecule has 0 amide bonds. The van der Waals surface area contributed by atoms with Gasteiger partial charge in [0, 0.05) is 43.2 Å². The van der Waals surface area contributed by atoms with E-state index in [-0.39, 0.29) is 29.4 Å². The molecule has 1 fully saturated rings. The van der Waals surface area contributed by atoms with E-state index in [1.807, 2.05) is 12.1 Å². The monoisotopic (exact) mass is 857 g/mol. The molecule has 4 aliphatic rings. The first kappa shape index (κ1) is 45.3. The summed E-state index contributed by atoms with van der Waals surface area (Å²) in [6.45, 7) is 3.77. The van der Waals surface area contributed by atoms with Crippen LogP contribution in [0, 0.1) is 5.92 Å². The van der Waals surface area contributed by atoms with Crippen molar-refractivity contribution in [2.75, 3.05) is 13.6 Å². The van der Waals surface area contributed by atoms with E-state index in [1.54, 1.807) is 0 Å². The number of hydrogen-bond acceptors (Lipinski definition) is 14. The fraction of sp³-hybridized carbons (Fsp3) is 0.429. The Bertz CT molecular complexity index is 2220. The van der Waals surface area contributed by atoms with Gasteiger partial charge >= 0.3 is 43.4 Å². The van der Waals surface area contributed by atoms with Crippen LogP contribution in [0.2, 0.25) is 0 Å². The van der Waals surface area contributed by atoms with E-state index in [4.69, 9.17) is 54.1 Å². The molecule has 1 unspecified atom stereocenters. The summed E-state index contributed by atoms with van der Waals surface area (Å²) >= 11 is 0. The predicted molar refractivity (Wildman–Crippen MR) is 193 cm³/mol. The number of aromatic hydroxyl groups is 1. The molecule has 0 saturated carbocycles. The van der Waals surface area contributed by atoms with E-state index >= 15 is 0 Å². The van der Waals surface area contributed by atoms with E-state index in [2.05, 4.69) is 24.1 Å². The molecule has 2 aromatic rings. The lowest BCUT2D eigenvalue weighted by atomic mass is 9.53. The number of carboxylic acids is 4. The SMILES string of the molecule is CC(=O)Oc1ccc2c3c1O[C@H]1[C@@H](OC(C)=O)C=C[C@H]4[C@@H](C2)N(C)CC[C@@]341.O=C(O)CCC(CC(=O)O)(C(=O)O)P(=O)(O)O.O=C(O)c1cc(S(=O)(=O)O)ccc1O. The largest absolute Gasteiger partial charge is 0.507 e. The Hall–Kier alpha value is -5.38. The molecule has 2 aromatic carbocycles. The van der Waals surface area contributed by atoms with Crippen molar-refractivity contribution in [2.24, 2.45) is 5.92 Å². The van der Waals surface area contributed by atoms with Gasteiger partial charge in [0.2, 0.25) is 0 Å². The zero-order valence-corrected chi connectivity index (χ0v) is 32.6. The Balaban J connectivity index is 0.000000208. The van der Waals surface area contributed by atoms with Crippen molar-refractivity contribution in [1.29, 1.82) is 0 Å². The number of esters is 2. The van der Waals surface area contributed by atoms with Crippen molar-refractivity contribution in [3.05, 3.63) is 59.2 Å². The molecule has 1 spiro atoms. The van der Waals surface area contributed by atoms with Crippen LogP contribution < -0.4 is 9.47 Å². The van der Waals surface area contributed by atoms with Crippen LogP contribution in [0.4, 0.5) is 0 Å². The summed E-state index contributed by atoms with van der Waals surface area (Å²) in [6.07, 6.45) is 2.14. The van der Waals surface area contributed by atoms with E-state index in [0.717, 1.165) is 37.1 Å². The second-order valence-electron chi connectivity index (χ2n) is 13.9. The van der Waals surface area contributed by atoms with Crippen LogP contribution in [0.5, 0.6) is 17.2 Å². The molecular weight excluding hydrogens is 817 g/mol. The maximum Gasteiger partial charge on any atom is 0.343 e. The summed E-state index contributed by atoms with van der Waals surface area (Å²) in [5, 5.41) is 40.2. The van der Waals surface area contributed by atoms with E-state index in [0.29, 0.717) is 23.6 Å². The molecule has 2 aliphatic carbocycles. The number of hydrogen-bond donors (Lipinski definition) is 8. The Labute approximate surface area is 329 Å². The number of aliphatic carboxylic acids is 3. The number of piperidine rings is 1. The highest BCUT2D eigenvalue weighted by Gasteiger charge is 2.65. The quantitative estimate of drug-likeness (QED) is 0.0523. The fourth-order valence-corrected chi connectivity index (χ4v) is 9.29. The summed E-state index contributed by atoms with van der Waals surface area (Å²) in [6, 6.07) is 6.73. The van der Waals surface area contributed by atoms with Gasteiger partial charge in [-0.2, -0.15) is 8.42 Å². The average molecular weight is 858 g/mol. The molecule has 2 bridgehead atoms. The molecule has 2 aliphatic heterocycles. The third-order valence-electron chi connectivity index (χ3n) is 10.3. The molecule has 0 radical (unpaired) electrons. The smallest absolute Gasteiger partial charge is 0.343 e. The highest BCUT2D eigenvalue weighted by molar-refractivity contribution is 7.85. The molecule has 8 N–H and O–H groups in total. The van der Waals surface area contributed by atoms with Crippen molar-refractivity contribution in [3.63, 3.8) is 0 Å². The number of likely N-dealkylation sites (N-methyl/N-ethyl adjacent to an activating group) is 1. The Morgan fingerprint density at radius 3 is 2.16 bits per heavy atom. The Morgan fingerprint density at radius 1 is 0.983 bits per heavy atom. The highest BCUT2D eigenvalue weighted by atomic mass is 32.2. The molecule has 6 atom stereocenters. The van der Waals surface area contributed by atoms with E-state index in [9.17, 15) is 41.8 Å². The van der Waals surface area contributed by atoms with E-state index < -0.39 is 88.3 Å². The molecule has 6 rings (SSSR count). The van der Waals surface area contributed by atoms with Gasteiger partial charge in [-0.15, -0.1) is 0 Å². The molecule has 1 saturated heterocycles. The molecule has 0 aromatic heterocycles. The molecule has 21 nitrogen and oxygen atoms in total. The number of benzene rings is 2. The topological polar surface area (TPSA) is 346 Å². The zero-order chi connectivity index (χ0) is 43.7. The second-order valence-corrected chi connectivity index (χ2v) is 17.3. The van der Waals surface area contributed by atoms with Crippen LogP contribution in [0.1, 0.15) is 61.0 Å². The number of carboxylic acid groups (broad SMARTS) is 4. The van der Waals surface area contributed by atoms with Crippen LogP contribution in [0.15, 0.2) is 47.4 Å². The zero-order valence-electron chi connectivity index (χ0n) is 30.9. The van der Waals surface area contributed by atoms with Gasteiger partial charge in [0.05, 0.1) is 11.3 Å². The first-order chi connectivity index (χ1) is 26.8. The Morgan fingerprint density at radius 2 is 1.64 bits per heavy atom. The maximum atomic E-state index is 11.7. The van der Waals surface area contributed by atoms with Crippen molar-refractivity contribution in [3.8, 4) is 17.2 Å². The van der Waals surface area contributed by atoms with Gasteiger partial charge in [0.15, 0.2) is 22.8 Å². The molecule has 58 heavy (non-hydrogen) atoms. The number of likely N-dealkylation sites (tertiary alicyclic amines) is 1. The summed E-state index contributed by atoms with van der Waals surface area (Å²) in [7, 11) is -7.59. The van der Waals surface area contributed by atoms with Crippen molar-refractivity contribution in [1.82, 2.24) is 4.90 Å². The van der Waals surface area contributed by atoms with Crippen molar-refractivity contribution < 1.29 is 95.8 Å². The molecule has 316 valence electrons. The fourth-order valence-electron chi connectivity index (χ4n) is 7.79. The van der Waals surface area contributed by atoms with E-state index in [1.165, 1.54) is 19.4 Å². The van der Waals surface area contributed by atoms with Crippen LogP contribution in [0.25, 0.3) is 0 Å². The minimum atomic E-state index is -5.32. The third kappa shape index (κ3) is 9.01. The number of rotatable bonds is 11. The average Bonchev–Trinajstić information content (AvgIpc) is 3.44. The lowest BCUT2D eigenvalue weighted by molar-refractivity contribution is -0.152. The first-order valence-corrected chi connectivity index (χ1v) is 20.2. The van der Waals surface area contributed by atoms with Crippen LogP contribution in [-0.4, -0.2) is 126 Å². The normalized spacial score (nSPS) is 23.5. The molecular formula is C35H40NO20PS. The van der Waals surface area contributed by atoms with Gasteiger partial charge in [-0.3, -0.25) is 33.1 Å². The standard InChI is InChI=1S/C21H23NO5.C7H11O9P.C7H6O6S/c1-11(23)25-16-6-4-13-10-15-14-5-7-17(26-12(2)24)20-21(14,8-9-22(15)3)18(13)19(16)27-20;8-4(9)1-2-7(6(12)13,3-5(10)11)17(14,15)16;8-6-2-1-4(14(11,12)13)3-5(6)7(9)10/h4-7,14-15,17,20H,8-10H2,1-3H3;1-3H2,(H,8,9)(H,10,11)(H,12,13)(H2,14,15,16);1-3,8H,(H,9,10)(H,11,12,13)/t14-,15+,17-,20-,21-;;/m0../s1. The van der Waals surface area contributed by atoms with Crippen molar-refractivity contribution in [2.45, 2.75) is 79.7 Å². The minimum Gasteiger partial charge on any atom is -0.507 e. The maximum absolute atomic E-state index is 11.7. The lowest BCUT2D eigenvalue weighted by Crippen LogP contribution is -2.65. The number of phenols is 1. The van der Waals surface area contributed by atoms with Crippen LogP contribution >= 0.6 is 7.60 Å². The number of nitrogens with zero attached hydrogens (tertiary/aromatic N) is 1. The van der Waals surface area contributed by atoms with Gasteiger partial charge in [-0.05, 0) is 68.8 Å². The number of carbonyl (C=O) groups is 6.